The molecule has 1 unspecified atom stereocenters. The van der Waals surface area contributed by atoms with Gasteiger partial charge in [0.15, 0.2) is 5.96 Å². The summed E-state index contributed by atoms with van der Waals surface area (Å²) in [5.74, 6) is 1.27. The SMILES string of the molecule is CCNC(=NCc1ccc(N2CC=CC2)cc1)N1CCN(C(C)C(=O)N2CCCC2)CC1.I. The van der Waals surface area contributed by atoms with E-state index >= 15 is 0 Å². The topological polar surface area (TPSA) is 54.4 Å². The number of carbonyl (C=O) groups is 1. The zero-order valence-corrected chi connectivity index (χ0v) is 22.4. The van der Waals surface area contributed by atoms with Crippen LogP contribution in [-0.4, -0.2) is 91.5 Å². The third-order valence-electron chi connectivity index (χ3n) is 6.80. The molecule has 0 radical (unpaired) electrons. The van der Waals surface area contributed by atoms with E-state index in [9.17, 15) is 4.79 Å². The molecule has 33 heavy (non-hydrogen) atoms. The van der Waals surface area contributed by atoms with Crippen molar-refractivity contribution in [2.45, 2.75) is 39.3 Å². The summed E-state index contributed by atoms with van der Waals surface area (Å²) >= 11 is 0. The van der Waals surface area contributed by atoms with Crippen LogP contribution in [0.1, 0.15) is 32.3 Å². The molecule has 1 N–H and O–H groups in total. The van der Waals surface area contributed by atoms with Crippen molar-refractivity contribution < 1.29 is 4.79 Å². The number of likely N-dealkylation sites (tertiary alicyclic amines) is 1. The van der Waals surface area contributed by atoms with Crippen molar-refractivity contribution in [1.82, 2.24) is 20.0 Å². The Balaban J connectivity index is 0.00000306. The summed E-state index contributed by atoms with van der Waals surface area (Å²) in [6, 6.07) is 8.73. The Bertz CT molecular complexity index is 805. The lowest BCUT2D eigenvalue weighted by molar-refractivity contribution is -0.135. The Morgan fingerprint density at radius 3 is 2.21 bits per heavy atom. The minimum absolute atomic E-state index is 0. The molecule has 4 rings (SSSR count). The second-order valence-corrected chi connectivity index (χ2v) is 8.94. The molecule has 182 valence electrons. The number of hydrogen-bond acceptors (Lipinski definition) is 4. The van der Waals surface area contributed by atoms with Crippen LogP contribution in [0, 0.1) is 0 Å². The number of amides is 1. The van der Waals surface area contributed by atoms with Crippen LogP contribution in [0.25, 0.3) is 0 Å². The van der Waals surface area contributed by atoms with Crippen LogP contribution < -0.4 is 10.2 Å². The lowest BCUT2D eigenvalue weighted by Crippen LogP contribution is -2.57. The molecular weight excluding hydrogens is 527 g/mol. The van der Waals surface area contributed by atoms with E-state index in [0.717, 1.165) is 77.7 Å². The fourth-order valence-electron chi connectivity index (χ4n) is 4.77. The fourth-order valence-corrected chi connectivity index (χ4v) is 4.77. The first-order valence-electron chi connectivity index (χ1n) is 12.2. The number of benzene rings is 1. The van der Waals surface area contributed by atoms with Crippen LogP contribution >= 0.6 is 24.0 Å². The number of halogens is 1. The number of nitrogens with one attached hydrogen (secondary N) is 1. The number of guanidine groups is 1. The van der Waals surface area contributed by atoms with Gasteiger partial charge in [-0.25, -0.2) is 4.99 Å². The molecule has 0 aromatic heterocycles. The molecule has 0 bridgehead atoms. The maximum atomic E-state index is 12.8. The Kier molecular flexibility index (Phi) is 9.85. The highest BCUT2D eigenvalue weighted by Gasteiger charge is 2.30. The highest BCUT2D eigenvalue weighted by molar-refractivity contribution is 14.0. The summed E-state index contributed by atoms with van der Waals surface area (Å²) in [6.45, 7) is 13.1. The Morgan fingerprint density at radius 1 is 0.970 bits per heavy atom. The standard InChI is InChI=1S/C25H38N6O.HI/c1-3-26-25(27-20-22-8-10-23(11-9-22)29-12-4-5-13-29)31-18-16-28(17-19-31)21(2)24(32)30-14-6-7-15-30;/h4-5,8-11,21H,3,6-7,12-20H2,1-2H3,(H,26,27);1H. The van der Waals surface area contributed by atoms with Crippen LogP contribution in [0.15, 0.2) is 41.4 Å². The van der Waals surface area contributed by atoms with E-state index in [2.05, 4.69) is 70.3 Å². The molecule has 2 saturated heterocycles. The minimum atomic E-state index is -0.0286. The van der Waals surface area contributed by atoms with E-state index in [1.165, 1.54) is 11.3 Å². The van der Waals surface area contributed by atoms with Crippen LogP contribution in [0.2, 0.25) is 0 Å². The second kappa shape index (κ2) is 12.6. The maximum absolute atomic E-state index is 12.8. The average molecular weight is 567 g/mol. The van der Waals surface area contributed by atoms with Crippen LogP contribution in [0.4, 0.5) is 5.69 Å². The largest absolute Gasteiger partial charge is 0.364 e. The number of piperazine rings is 1. The number of anilines is 1. The molecule has 2 fully saturated rings. The molecule has 0 spiro atoms. The van der Waals surface area contributed by atoms with Gasteiger partial charge in [-0.05, 0) is 44.4 Å². The summed E-state index contributed by atoms with van der Waals surface area (Å²) in [6.07, 6.45) is 6.72. The van der Waals surface area contributed by atoms with Gasteiger partial charge >= 0.3 is 0 Å². The van der Waals surface area contributed by atoms with Gasteiger partial charge in [-0.3, -0.25) is 9.69 Å². The van der Waals surface area contributed by atoms with Gasteiger partial charge in [0.25, 0.3) is 0 Å². The van der Waals surface area contributed by atoms with E-state index in [4.69, 9.17) is 4.99 Å². The van der Waals surface area contributed by atoms with Crippen LogP contribution in [-0.2, 0) is 11.3 Å². The van der Waals surface area contributed by atoms with Crippen LogP contribution in [0.5, 0.6) is 0 Å². The molecule has 8 heteroatoms. The highest BCUT2D eigenvalue weighted by atomic mass is 127. The summed E-state index contributed by atoms with van der Waals surface area (Å²) in [7, 11) is 0. The lowest BCUT2D eigenvalue weighted by atomic mass is 10.2. The van der Waals surface area contributed by atoms with Crippen molar-refractivity contribution in [2.24, 2.45) is 4.99 Å². The first-order valence-corrected chi connectivity index (χ1v) is 12.2. The van der Waals surface area contributed by atoms with Gasteiger partial charge in [-0.1, -0.05) is 24.3 Å². The van der Waals surface area contributed by atoms with Gasteiger partial charge in [0.1, 0.15) is 0 Å². The third kappa shape index (κ3) is 6.62. The highest BCUT2D eigenvalue weighted by Crippen LogP contribution is 2.18. The molecule has 0 aliphatic carbocycles. The smallest absolute Gasteiger partial charge is 0.239 e. The predicted octanol–water partition coefficient (Wildman–Crippen LogP) is 2.77. The molecule has 3 aliphatic rings. The molecule has 3 aliphatic heterocycles. The number of rotatable bonds is 6. The quantitative estimate of drug-likeness (QED) is 0.249. The van der Waals surface area contributed by atoms with Gasteiger partial charge in [-0.2, -0.15) is 0 Å². The number of aliphatic imine (C=N–C) groups is 1. The van der Waals surface area contributed by atoms with Gasteiger partial charge in [0.05, 0.1) is 12.6 Å². The van der Waals surface area contributed by atoms with Gasteiger partial charge in [-0.15, -0.1) is 24.0 Å². The number of hydrogen-bond donors (Lipinski definition) is 1. The third-order valence-corrected chi connectivity index (χ3v) is 6.80. The summed E-state index contributed by atoms with van der Waals surface area (Å²) in [5, 5.41) is 3.46. The predicted molar refractivity (Wildman–Crippen MR) is 146 cm³/mol. The van der Waals surface area contributed by atoms with Gasteiger partial charge in [0.2, 0.25) is 5.91 Å². The van der Waals surface area contributed by atoms with Crippen molar-refractivity contribution in [3.63, 3.8) is 0 Å². The zero-order chi connectivity index (χ0) is 22.3. The first kappa shape index (κ1) is 25.8. The van der Waals surface area contributed by atoms with Crippen molar-refractivity contribution in [3.05, 3.63) is 42.0 Å². The molecular formula is C25H39IN6O. The second-order valence-electron chi connectivity index (χ2n) is 8.94. The zero-order valence-electron chi connectivity index (χ0n) is 20.1. The molecule has 1 atom stereocenters. The van der Waals surface area contributed by atoms with Crippen molar-refractivity contribution in [2.75, 3.05) is 63.8 Å². The van der Waals surface area contributed by atoms with Crippen LogP contribution in [0.3, 0.4) is 0 Å². The summed E-state index contributed by atoms with van der Waals surface area (Å²) < 4.78 is 0. The lowest BCUT2D eigenvalue weighted by Gasteiger charge is -2.39. The van der Waals surface area contributed by atoms with Gasteiger partial charge in [0, 0.05) is 64.6 Å². The van der Waals surface area contributed by atoms with E-state index < -0.39 is 0 Å². The van der Waals surface area contributed by atoms with E-state index in [1.54, 1.807) is 0 Å². The molecule has 3 heterocycles. The van der Waals surface area contributed by atoms with Crippen molar-refractivity contribution >= 4 is 41.5 Å². The van der Waals surface area contributed by atoms with E-state index in [0.29, 0.717) is 12.5 Å². The van der Waals surface area contributed by atoms with Gasteiger partial charge < -0.3 is 20.0 Å². The number of nitrogens with zero attached hydrogens (tertiary/aromatic N) is 5. The molecule has 1 aromatic rings. The molecule has 7 nitrogen and oxygen atoms in total. The Morgan fingerprint density at radius 2 is 1.61 bits per heavy atom. The average Bonchev–Trinajstić information content (AvgIpc) is 3.56. The van der Waals surface area contributed by atoms with E-state index in [1.807, 2.05) is 4.90 Å². The molecule has 0 saturated carbocycles. The molecule has 1 amide bonds. The maximum Gasteiger partial charge on any atom is 0.239 e. The van der Waals surface area contributed by atoms with Crippen molar-refractivity contribution in [1.29, 1.82) is 0 Å². The summed E-state index contributed by atoms with van der Waals surface area (Å²) in [5.41, 5.74) is 2.49. The van der Waals surface area contributed by atoms with E-state index in [-0.39, 0.29) is 30.0 Å². The normalized spacial score (nSPS) is 20.2. The summed E-state index contributed by atoms with van der Waals surface area (Å²) in [4.78, 5) is 26.7. The fraction of sp³-hybridized carbons (Fsp3) is 0.600. The first-order chi connectivity index (χ1) is 15.7. The Hall–Kier alpha value is -1.81. The number of carbonyl (C=O) groups excluding carboxylic acids is 1. The molecule has 1 aromatic carbocycles. The monoisotopic (exact) mass is 566 g/mol. The van der Waals surface area contributed by atoms with Crippen molar-refractivity contribution in [3.8, 4) is 0 Å². The Labute approximate surface area is 215 Å². The minimum Gasteiger partial charge on any atom is -0.364 e.